The Morgan fingerprint density at radius 3 is 2.23 bits per heavy atom. The zero-order chi connectivity index (χ0) is 16.7. The van der Waals surface area contributed by atoms with Crippen LogP contribution in [0.5, 0.6) is 0 Å². The summed E-state index contributed by atoms with van der Waals surface area (Å²) < 4.78 is 38.4. The molecular weight excluding hydrogens is 295 g/mol. The van der Waals surface area contributed by atoms with Crippen molar-refractivity contribution in [2.75, 3.05) is 0 Å². The fourth-order valence-corrected chi connectivity index (χ4v) is 3.98. The van der Waals surface area contributed by atoms with E-state index in [0.29, 0.717) is 19.3 Å². The van der Waals surface area contributed by atoms with E-state index in [2.05, 4.69) is 5.32 Å². The molecule has 0 spiro atoms. The molecule has 2 aliphatic rings. The molecule has 1 amide bonds. The first kappa shape index (κ1) is 17.3. The molecule has 22 heavy (non-hydrogen) atoms. The van der Waals surface area contributed by atoms with Gasteiger partial charge in [0.25, 0.3) is 0 Å². The lowest BCUT2D eigenvalue weighted by Gasteiger charge is -2.50. The Hall–Kier alpha value is -1.07. The zero-order valence-corrected chi connectivity index (χ0v) is 13.3. The highest BCUT2D eigenvalue weighted by Crippen LogP contribution is 2.51. The van der Waals surface area contributed by atoms with Crippen molar-refractivity contribution in [2.45, 2.75) is 65.1 Å². The number of Topliss-reactive ketones (excluding diaryl/α,β-unsaturated/α-hetero) is 1. The van der Waals surface area contributed by atoms with Crippen LogP contribution in [0.25, 0.3) is 0 Å². The van der Waals surface area contributed by atoms with Crippen LogP contribution in [-0.4, -0.2) is 23.9 Å². The quantitative estimate of drug-likeness (QED) is 0.866. The van der Waals surface area contributed by atoms with Crippen molar-refractivity contribution in [1.29, 1.82) is 0 Å². The van der Waals surface area contributed by atoms with Gasteiger partial charge in [-0.2, -0.15) is 13.2 Å². The first-order valence-electron chi connectivity index (χ1n) is 7.91. The molecule has 0 aromatic heterocycles. The molecule has 0 bridgehead atoms. The molecule has 0 radical (unpaired) electrons. The summed E-state index contributed by atoms with van der Waals surface area (Å²) >= 11 is 0. The van der Waals surface area contributed by atoms with Gasteiger partial charge in [-0.15, -0.1) is 0 Å². The molecule has 3 nitrogen and oxygen atoms in total. The van der Waals surface area contributed by atoms with Crippen molar-refractivity contribution < 1.29 is 22.8 Å². The summed E-state index contributed by atoms with van der Waals surface area (Å²) in [5.41, 5.74) is -0.409. The molecule has 4 atom stereocenters. The van der Waals surface area contributed by atoms with Crippen molar-refractivity contribution >= 4 is 11.7 Å². The lowest BCUT2D eigenvalue weighted by Crippen LogP contribution is -2.56. The summed E-state index contributed by atoms with van der Waals surface area (Å²) in [4.78, 5) is 23.8. The minimum Gasteiger partial charge on any atom is -0.353 e. The van der Waals surface area contributed by atoms with E-state index in [-0.39, 0.29) is 36.4 Å². The fourth-order valence-electron chi connectivity index (χ4n) is 3.98. The van der Waals surface area contributed by atoms with E-state index in [4.69, 9.17) is 0 Å². The Labute approximate surface area is 129 Å². The number of halogens is 3. The molecule has 126 valence electrons. The Morgan fingerprint density at radius 1 is 1.09 bits per heavy atom. The predicted molar refractivity (Wildman–Crippen MR) is 76.0 cm³/mol. The van der Waals surface area contributed by atoms with Gasteiger partial charge in [0.15, 0.2) is 0 Å². The largest absolute Gasteiger partial charge is 0.391 e. The summed E-state index contributed by atoms with van der Waals surface area (Å²) in [6.45, 7) is 5.29. The second kappa shape index (κ2) is 5.85. The molecule has 1 N–H and O–H groups in total. The summed E-state index contributed by atoms with van der Waals surface area (Å²) in [7, 11) is 0. The van der Waals surface area contributed by atoms with Crippen molar-refractivity contribution in [3.63, 3.8) is 0 Å². The first-order valence-corrected chi connectivity index (χ1v) is 7.91. The van der Waals surface area contributed by atoms with Gasteiger partial charge in [-0.05, 0) is 38.0 Å². The molecule has 0 saturated heterocycles. The molecule has 0 aromatic carbocycles. The lowest BCUT2D eigenvalue weighted by molar-refractivity contribution is -0.184. The zero-order valence-electron chi connectivity index (χ0n) is 13.3. The third kappa shape index (κ3) is 3.30. The normalized spacial score (nSPS) is 34.6. The second-order valence-corrected chi connectivity index (χ2v) is 7.38. The molecular formula is C16H24F3NO2. The van der Waals surface area contributed by atoms with E-state index >= 15 is 0 Å². The van der Waals surface area contributed by atoms with E-state index in [0.717, 1.165) is 0 Å². The van der Waals surface area contributed by atoms with Gasteiger partial charge >= 0.3 is 6.18 Å². The van der Waals surface area contributed by atoms with Crippen LogP contribution in [0.2, 0.25) is 0 Å². The van der Waals surface area contributed by atoms with Gasteiger partial charge in [0.1, 0.15) is 5.78 Å². The lowest BCUT2D eigenvalue weighted by atomic mass is 9.53. The van der Waals surface area contributed by atoms with Crippen molar-refractivity contribution in [3.05, 3.63) is 0 Å². The second-order valence-electron chi connectivity index (χ2n) is 7.38. The van der Waals surface area contributed by atoms with Crippen LogP contribution in [-0.2, 0) is 9.59 Å². The van der Waals surface area contributed by atoms with Crippen molar-refractivity contribution in [1.82, 2.24) is 5.32 Å². The average Bonchev–Trinajstić information content (AvgIpc) is 2.36. The number of carbonyl (C=O) groups is 2. The monoisotopic (exact) mass is 319 g/mol. The molecule has 0 heterocycles. The van der Waals surface area contributed by atoms with Gasteiger partial charge in [0, 0.05) is 17.9 Å². The topological polar surface area (TPSA) is 46.2 Å². The summed E-state index contributed by atoms with van der Waals surface area (Å²) in [6.07, 6.45) is -2.47. The van der Waals surface area contributed by atoms with E-state index < -0.39 is 23.6 Å². The van der Waals surface area contributed by atoms with Crippen LogP contribution in [0.1, 0.15) is 52.9 Å². The highest BCUT2D eigenvalue weighted by atomic mass is 19.4. The van der Waals surface area contributed by atoms with Crippen LogP contribution in [0.3, 0.4) is 0 Å². The maximum atomic E-state index is 12.8. The van der Waals surface area contributed by atoms with Gasteiger partial charge in [0.2, 0.25) is 5.91 Å². The SMILES string of the molecule is CC(=O)[C@@H]1C[C@H](C(=O)N[C@H]2CCC[C@@H](C(F)(F)F)C2)C1(C)C. The number of rotatable bonds is 3. The Balaban J connectivity index is 1.92. The third-order valence-corrected chi connectivity index (χ3v) is 5.56. The number of alkyl halides is 3. The van der Waals surface area contributed by atoms with E-state index in [9.17, 15) is 22.8 Å². The standard InChI is InChI=1S/C16H24F3NO2/c1-9(21)12-8-13(15(12,2)3)14(22)20-11-6-4-5-10(7-11)16(17,18)19/h10-13H,4-8H2,1-3H3,(H,20,22)/t10-,11+,12+,13-/m1/s1. The molecule has 0 unspecified atom stereocenters. The third-order valence-electron chi connectivity index (χ3n) is 5.56. The fraction of sp³-hybridized carbons (Fsp3) is 0.875. The highest BCUT2D eigenvalue weighted by Gasteiger charge is 2.54. The smallest absolute Gasteiger partial charge is 0.353 e. The van der Waals surface area contributed by atoms with Gasteiger partial charge in [0.05, 0.1) is 5.92 Å². The van der Waals surface area contributed by atoms with Gasteiger partial charge in [-0.3, -0.25) is 9.59 Å². The highest BCUT2D eigenvalue weighted by molar-refractivity contribution is 5.87. The van der Waals surface area contributed by atoms with Crippen LogP contribution < -0.4 is 5.32 Å². The Bertz CT molecular complexity index is 459. The van der Waals surface area contributed by atoms with Crippen LogP contribution in [0, 0.1) is 23.2 Å². The van der Waals surface area contributed by atoms with E-state index in [1.54, 1.807) is 0 Å². The Kier molecular flexibility index (Phi) is 4.60. The van der Waals surface area contributed by atoms with E-state index in [1.165, 1.54) is 6.92 Å². The maximum Gasteiger partial charge on any atom is 0.391 e. The minimum absolute atomic E-state index is 0.0292. The predicted octanol–water partition coefficient (Wildman–Crippen LogP) is 3.48. The average molecular weight is 319 g/mol. The summed E-state index contributed by atoms with van der Waals surface area (Å²) in [6, 6.07) is -0.403. The molecule has 0 aliphatic heterocycles. The van der Waals surface area contributed by atoms with E-state index in [1.807, 2.05) is 13.8 Å². The molecule has 2 rings (SSSR count). The van der Waals surface area contributed by atoms with Crippen LogP contribution in [0.4, 0.5) is 13.2 Å². The molecule has 0 aromatic rings. The minimum atomic E-state index is -4.18. The first-order chi connectivity index (χ1) is 10.0. The summed E-state index contributed by atoms with van der Waals surface area (Å²) in [5, 5.41) is 2.79. The molecule has 2 saturated carbocycles. The number of amides is 1. The number of carbonyl (C=O) groups excluding carboxylic acids is 2. The van der Waals surface area contributed by atoms with Gasteiger partial charge in [-0.1, -0.05) is 20.3 Å². The number of hydrogen-bond acceptors (Lipinski definition) is 2. The van der Waals surface area contributed by atoms with Crippen molar-refractivity contribution in [2.24, 2.45) is 23.2 Å². The molecule has 6 heteroatoms. The number of hydrogen-bond donors (Lipinski definition) is 1. The number of ketones is 1. The van der Waals surface area contributed by atoms with Gasteiger partial charge in [-0.25, -0.2) is 0 Å². The van der Waals surface area contributed by atoms with Crippen LogP contribution >= 0.6 is 0 Å². The maximum absolute atomic E-state index is 12.8. The van der Waals surface area contributed by atoms with Crippen molar-refractivity contribution in [3.8, 4) is 0 Å². The molecule has 2 fully saturated rings. The van der Waals surface area contributed by atoms with Gasteiger partial charge < -0.3 is 5.32 Å². The van der Waals surface area contributed by atoms with Crippen LogP contribution in [0.15, 0.2) is 0 Å². The molecule has 2 aliphatic carbocycles. The summed E-state index contributed by atoms with van der Waals surface area (Å²) in [5.74, 6) is -1.85. The number of nitrogens with one attached hydrogen (secondary N) is 1. The Morgan fingerprint density at radius 2 is 1.73 bits per heavy atom.